The van der Waals surface area contributed by atoms with E-state index in [1.165, 1.54) is 6.92 Å². The maximum atomic E-state index is 11.9. The number of hydrogen-bond donors (Lipinski definition) is 0. The van der Waals surface area contributed by atoms with Crippen LogP contribution in [0.15, 0.2) is 60.7 Å². The molecule has 0 aliphatic rings. The Kier molecular flexibility index (Phi) is 5.11. The highest BCUT2D eigenvalue weighted by atomic mass is 16.2. The van der Waals surface area contributed by atoms with Gasteiger partial charge in [0.15, 0.2) is 0 Å². The standard InChI is InChI=1S/C18H18N2O/c1-15(21)20(13-12-16-8-4-2-5-9-16)18(14-19)17-10-6-3-7-11-17/h2-11,18H,12-13H2,1H3. The second-order valence-corrected chi connectivity index (χ2v) is 4.89. The van der Waals surface area contributed by atoms with Crippen molar-refractivity contribution in [3.05, 3.63) is 71.8 Å². The van der Waals surface area contributed by atoms with Crippen LogP contribution in [0.5, 0.6) is 0 Å². The fourth-order valence-corrected chi connectivity index (χ4v) is 2.32. The molecule has 0 radical (unpaired) electrons. The molecule has 3 nitrogen and oxygen atoms in total. The number of carbonyl (C=O) groups is 1. The molecule has 0 aromatic heterocycles. The van der Waals surface area contributed by atoms with Gasteiger partial charge in [0.05, 0.1) is 6.07 Å². The van der Waals surface area contributed by atoms with Crippen LogP contribution >= 0.6 is 0 Å². The number of nitriles is 1. The lowest BCUT2D eigenvalue weighted by Crippen LogP contribution is -2.34. The van der Waals surface area contributed by atoms with E-state index in [1.807, 2.05) is 60.7 Å². The Hall–Kier alpha value is -2.60. The smallest absolute Gasteiger partial charge is 0.220 e. The predicted molar refractivity (Wildman–Crippen MR) is 82.3 cm³/mol. The van der Waals surface area contributed by atoms with Crippen molar-refractivity contribution in [2.24, 2.45) is 0 Å². The average Bonchev–Trinajstić information content (AvgIpc) is 2.53. The van der Waals surface area contributed by atoms with E-state index in [9.17, 15) is 10.1 Å². The minimum absolute atomic E-state index is 0.0821. The van der Waals surface area contributed by atoms with Crippen molar-refractivity contribution in [2.45, 2.75) is 19.4 Å². The van der Waals surface area contributed by atoms with Gasteiger partial charge >= 0.3 is 0 Å². The molecular formula is C18H18N2O. The average molecular weight is 278 g/mol. The molecule has 0 N–H and O–H groups in total. The zero-order valence-corrected chi connectivity index (χ0v) is 12.1. The predicted octanol–water partition coefficient (Wildman–Crippen LogP) is 3.34. The molecule has 0 fully saturated rings. The van der Waals surface area contributed by atoms with Gasteiger partial charge in [-0.1, -0.05) is 60.7 Å². The Morgan fingerprint density at radius 2 is 1.67 bits per heavy atom. The molecule has 21 heavy (non-hydrogen) atoms. The van der Waals surface area contributed by atoms with Crippen molar-refractivity contribution < 1.29 is 4.79 Å². The Morgan fingerprint density at radius 1 is 1.10 bits per heavy atom. The SMILES string of the molecule is CC(=O)N(CCc1ccccc1)C(C#N)c1ccccc1. The van der Waals surface area contributed by atoms with Crippen molar-refractivity contribution >= 4 is 5.91 Å². The van der Waals surface area contributed by atoms with Gasteiger partial charge in [-0.3, -0.25) is 4.79 Å². The van der Waals surface area contributed by atoms with E-state index in [1.54, 1.807) is 4.90 Å². The molecule has 106 valence electrons. The van der Waals surface area contributed by atoms with Crippen LogP contribution in [0.2, 0.25) is 0 Å². The van der Waals surface area contributed by atoms with Crippen LogP contribution in [-0.4, -0.2) is 17.4 Å². The number of benzene rings is 2. The van der Waals surface area contributed by atoms with Crippen LogP contribution in [0, 0.1) is 11.3 Å². The highest BCUT2D eigenvalue weighted by Gasteiger charge is 2.21. The zero-order chi connectivity index (χ0) is 15.1. The van der Waals surface area contributed by atoms with Crippen LogP contribution in [-0.2, 0) is 11.2 Å². The van der Waals surface area contributed by atoms with Gasteiger partial charge in [0.1, 0.15) is 6.04 Å². The highest BCUT2D eigenvalue weighted by Crippen LogP contribution is 2.20. The van der Waals surface area contributed by atoms with Gasteiger partial charge in [-0.25, -0.2) is 0 Å². The molecule has 0 heterocycles. The van der Waals surface area contributed by atoms with E-state index in [0.29, 0.717) is 6.54 Å². The number of rotatable bonds is 5. The van der Waals surface area contributed by atoms with Crippen molar-refractivity contribution in [1.82, 2.24) is 4.90 Å². The summed E-state index contributed by atoms with van der Waals surface area (Å²) in [5.74, 6) is -0.0821. The Labute approximate surface area is 125 Å². The molecule has 1 amide bonds. The topological polar surface area (TPSA) is 44.1 Å². The van der Waals surface area contributed by atoms with E-state index in [-0.39, 0.29) is 5.91 Å². The first kappa shape index (κ1) is 14.8. The fraction of sp³-hybridized carbons (Fsp3) is 0.222. The molecule has 2 aromatic rings. The van der Waals surface area contributed by atoms with Crippen molar-refractivity contribution in [3.8, 4) is 6.07 Å². The molecule has 3 heteroatoms. The minimum atomic E-state index is -0.535. The van der Waals surface area contributed by atoms with Crippen LogP contribution in [0.4, 0.5) is 0 Å². The molecule has 0 saturated carbocycles. The van der Waals surface area contributed by atoms with E-state index in [0.717, 1.165) is 17.5 Å². The van der Waals surface area contributed by atoms with E-state index in [2.05, 4.69) is 6.07 Å². The molecular weight excluding hydrogens is 260 g/mol. The quantitative estimate of drug-likeness (QED) is 0.842. The lowest BCUT2D eigenvalue weighted by Gasteiger charge is -2.26. The molecule has 0 saturated heterocycles. The molecule has 2 aromatic carbocycles. The van der Waals surface area contributed by atoms with Gasteiger partial charge in [-0.05, 0) is 17.5 Å². The summed E-state index contributed by atoms with van der Waals surface area (Å²) in [5, 5.41) is 9.45. The first-order valence-corrected chi connectivity index (χ1v) is 6.98. The molecule has 2 rings (SSSR count). The van der Waals surface area contributed by atoms with Crippen molar-refractivity contribution in [3.63, 3.8) is 0 Å². The van der Waals surface area contributed by atoms with Gasteiger partial charge < -0.3 is 4.90 Å². The Morgan fingerprint density at radius 3 is 2.19 bits per heavy atom. The zero-order valence-electron chi connectivity index (χ0n) is 12.1. The molecule has 1 atom stereocenters. The minimum Gasteiger partial charge on any atom is -0.323 e. The lowest BCUT2D eigenvalue weighted by atomic mass is 10.1. The fourth-order valence-electron chi connectivity index (χ4n) is 2.32. The summed E-state index contributed by atoms with van der Waals surface area (Å²) in [6.07, 6.45) is 0.742. The summed E-state index contributed by atoms with van der Waals surface area (Å²) in [6, 6.07) is 21.1. The molecule has 0 spiro atoms. The first-order chi connectivity index (χ1) is 10.2. The summed E-state index contributed by atoms with van der Waals surface area (Å²) < 4.78 is 0. The van der Waals surface area contributed by atoms with Gasteiger partial charge in [0.2, 0.25) is 5.91 Å². The third kappa shape index (κ3) is 3.93. The third-order valence-corrected chi connectivity index (χ3v) is 3.44. The molecule has 0 aliphatic heterocycles. The maximum absolute atomic E-state index is 11.9. The van der Waals surface area contributed by atoms with Crippen LogP contribution < -0.4 is 0 Å². The summed E-state index contributed by atoms with van der Waals surface area (Å²) in [7, 11) is 0. The van der Waals surface area contributed by atoms with Gasteiger partial charge in [-0.2, -0.15) is 5.26 Å². The van der Waals surface area contributed by atoms with Crippen molar-refractivity contribution in [1.29, 1.82) is 5.26 Å². The molecule has 1 unspecified atom stereocenters. The Balaban J connectivity index is 2.14. The summed E-state index contributed by atoms with van der Waals surface area (Å²) in [5.41, 5.74) is 2.01. The normalized spacial score (nSPS) is 11.4. The summed E-state index contributed by atoms with van der Waals surface area (Å²) in [6.45, 7) is 2.05. The van der Waals surface area contributed by atoms with Crippen LogP contribution in [0.1, 0.15) is 24.1 Å². The highest BCUT2D eigenvalue weighted by molar-refractivity contribution is 5.74. The maximum Gasteiger partial charge on any atom is 0.220 e. The van der Waals surface area contributed by atoms with Crippen LogP contribution in [0.3, 0.4) is 0 Å². The number of amides is 1. The largest absolute Gasteiger partial charge is 0.323 e. The second kappa shape index (κ2) is 7.25. The number of nitrogens with zero attached hydrogens (tertiary/aromatic N) is 2. The van der Waals surface area contributed by atoms with Gasteiger partial charge in [0, 0.05) is 13.5 Å². The number of carbonyl (C=O) groups excluding carboxylic acids is 1. The monoisotopic (exact) mass is 278 g/mol. The Bertz CT molecular complexity index is 617. The second-order valence-electron chi connectivity index (χ2n) is 4.89. The first-order valence-electron chi connectivity index (χ1n) is 6.98. The van der Waals surface area contributed by atoms with E-state index >= 15 is 0 Å². The lowest BCUT2D eigenvalue weighted by molar-refractivity contribution is -0.130. The third-order valence-electron chi connectivity index (χ3n) is 3.44. The van der Waals surface area contributed by atoms with E-state index in [4.69, 9.17) is 0 Å². The van der Waals surface area contributed by atoms with Crippen LogP contribution in [0.25, 0.3) is 0 Å². The van der Waals surface area contributed by atoms with Gasteiger partial charge in [-0.15, -0.1) is 0 Å². The number of hydrogen-bond acceptors (Lipinski definition) is 2. The van der Waals surface area contributed by atoms with Gasteiger partial charge in [0.25, 0.3) is 0 Å². The van der Waals surface area contributed by atoms with Crippen molar-refractivity contribution in [2.75, 3.05) is 6.54 Å². The summed E-state index contributed by atoms with van der Waals surface area (Å²) >= 11 is 0. The molecule has 0 bridgehead atoms. The molecule has 0 aliphatic carbocycles. The van der Waals surface area contributed by atoms with E-state index < -0.39 is 6.04 Å². The summed E-state index contributed by atoms with van der Waals surface area (Å²) in [4.78, 5) is 13.5.